The van der Waals surface area contributed by atoms with Gasteiger partial charge in [0, 0.05) is 12.1 Å². The number of hydrogen-bond donors (Lipinski definition) is 1. The van der Waals surface area contributed by atoms with Gasteiger partial charge in [-0.05, 0) is 54.4 Å². The van der Waals surface area contributed by atoms with E-state index in [9.17, 15) is 9.59 Å². The zero-order chi connectivity index (χ0) is 21.8. The van der Waals surface area contributed by atoms with Crippen molar-refractivity contribution in [3.05, 3.63) is 106 Å². The maximum atomic E-state index is 12.7. The van der Waals surface area contributed by atoms with Crippen LogP contribution in [0.25, 0.3) is 11.0 Å². The lowest BCUT2D eigenvalue weighted by Crippen LogP contribution is -2.25. The van der Waals surface area contributed by atoms with E-state index in [1.807, 2.05) is 60.7 Å². The largest absolute Gasteiger partial charge is 0.497 e. The molecule has 0 radical (unpaired) electrons. The van der Waals surface area contributed by atoms with E-state index in [0.29, 0.717) is 24.3 Å². The lowest BCUT2D eigenvalue weighted by atomic mass is 10.1. The predicted molar refractivity (Wildman–Crippen MR) is 120 cm³/mol. The molecule has 1 N–H and O–H groups in total. The summed E-state index contributed by atoms with van der Waals surface area (Å²) in [5.74, 6) is 0.631. The molecule has 0 aliphatic carbocycles. The molecule has 1 aromatic heterocycles. The number of ether oxygens (including phenoxy) is 1. The summed E-state index contributed by atoms with van der Waals surface area (Å²) < 4.78 is 6.86. The van der Waals surface area contributed by atoms with Gasteiger partial charge in [-0.2, -0.15) is 0 Å². The van der Waals surface area contributed by atoms with Crippen LogP contribution in [0.4, 0.5) is 0 Å². The lowest BCUT2D eigenvalue weighted by Gasteiger charge is -2.12. The Morgan fingerprint density at radius 2 is 1.65 bits per heavy atom. The van der Waals surface area contributed by atoms with Gasteiger partial charge in [0.15, 0.2) is 0 Å². The third-order valence-electron chi connectivity index (χ3n) is 5.18. The lowest BCUT2D eigenvalue weighted by molar-refractivity contribution is 0.0951. The quantitative estimate of drug-likeness (QED) is 0.523. The molecular weight excluding hydrogens is 390 g/mol. The van der Waals surface area contributed by atoms with Crippen molar-refractivity contribution in [1.82, 2.24) is 14.9 Å². The van der Waals surface area contributed by atoms with Gasteiger partial charge < -0.3 is 14.6 Å². The van der Waals surface area contributed by atoms with E-state index >= 15 is 0 Å². The highest BCUT2D eigenvalue weighted by atomic mass is 16.5. The summed E-state index contributed by atoms with van der Waals surface area (Å²) in [7, 11) is 1.62. The van der Waals surface area contributed by atoms with Gasteiger partial charge in [-0.15, -0.1) is 0 Å². The van der Waals surface area contributed by atoms with Crippen molar-refractivity contribution >= 4 is 16.9 Å². The number of aryl methyl sites for hydroxylation is 1. The van der Waals surface area contributed by atoms with Gasteiger partial charge >= 0.3 is 0 Å². The zero-order valence-corrected chi connectivity index (χ0v) is 17.5. The molecule has 0 saturated heterocycles. The van der Waals surface area contributed by atoms with Crippen molar-refractivity contribution in [2.24, 2.45) is 0 Å². The Labute approximate surface area is 180 Å². The zero-order valence-electron chi connectivity index (χ0n) is 17.5. The van der Waals surface area contributed by atoms with Crippen LogP contribution in [0.2, 0.25) is 0 Å². The van der Waals surface area contributed by atoms with E-state index in [1.54, 1.807) is 30.7 Å². The highest BCUT2D eigenvalue weighted by Crippen LogP contribution is 2.14. The number of benzene rings is 3. The third-order valence-corrected chi connectivity index (χ3v) is 5.18. The minimum Gasteiger partial charge on any atom is -0.497 e. The fraction of sp³-hybridized carbons (Fsp3) is 0.160. The Morgan fingerprint density at radius 1 is 0.968 bits per heavy atom. The van der Waals surface area contributed by atoms with Crippen LogP contribution < -0.4 is 15.6 Å². The summed E-state index contributed by atoms with van der Waals surface area (Å²) in [6, 6.07) is 22.5. The summed E-state index contributed by atoms with van der Waals surface area (Å²) in [5.41, 5.74) is 4.43. The van der Waals surface area contributed by atoms with Crippen LogP contribution in [-0.2, 0) is 13.1 Å². The summed E-state index contributed by atoms with van der Waals surface area (Å²) >= 11 is 0. The highest BCUT2D eigenvalue weighted by Gasteiger charge is 2.10. The smallest absolute Gasteiger partial charge is 0.272 e. The fourth-order valence-corrected chi connectivity index (χ4v) is 3.45. The number of methoxy groups -OCH3 is 1. The maximum absolute atomic E-state index is 12.7. The minimum atomic E-state index is -0.148. The number of para-hydroxylation sites is 2. The second-order valence-electron chi connectivity index (χ2n) is 7.30. The SMILES string of the molecule is COc1ccc(CNC(=O)c2ccc(Cn3c(=O)c(C)nc4ccccc43)cc2)cc1. The molecule has 0 saturated carbocycles. The molecule has 0 bridgehead atoms. The van der Waals surface area contributed by atoms with E-state index in [0.717, 1.165) is 27.9 Å². The van der Waals surface area contributed by atoms with Crippen molar-refractivity contribution in [2.45, 2.75) is 20.0 Å². The maximum Gasteiger partial charge on any atom is 0.272 e. The second-order valence-corrected chi connectivity index (χ2v) is 7.30. The molecule has 1 heterocycles. The van der Waals surface area contributed by atoms with Crippen LogP contribution in [-0.4, -0.2) is 22.6 Å². The van der Waals surface area contributed by atoms with Crippen LogP contribution >= 0.6 is 0 Å². The molecule has 0 unspecified atom stereocenters. The Kier molecular flexibility index (Phi) is 5.80. The van der Waals surface area contributed by atoms with E-state index in [2.05, 4.69) is 10.3 Å². The summed E-state index contributed by atoms with van der Waals surface area (Å²) in [6.45, 7) is 2.57. The number of aromatic nitrogens is 2. The van der Waals surface area contributed by atoms with E-state index in [4.69, 9.17) is 4.74 Å². The Bertz CT molecular complexity index is 1280. The molecule has 6 nitrogen and oxygen atoms in total. The van der Waals surface area contributed by atoms with Gasteiger partial charge in [0.25, 0.3) is 11.5 Å². The Morgan fingerprint density at radius 3 is 2.35 bits per heavy atom. The van der Waals surface area contributed by atoms with Crippen molar-refractivity contribution < 1.29 is 9.53 Å². The van der Waals surface area contributed by atoms with Crippen LogP contribution in [0.5, 0.6) is 5.75 Å². The fourth-order valence-electron chi connectivity index (χ4n) is 3.45. The molecule has 0 spiro atoms. The standard InChI is InChI=1S/C25H23N3O3/c1-17-25(30)28(23-6-4-3-5-22(23)27-17)16-19-7-11-20(12-8-19)24(29)26-15-18-9-13-21(31-2)14-10-18/h3-14H,15-16H2,1-2H3,(H,26,29). The number of nitrogens with zero attached hydrogens (tertiary/aromatic N) is 2. The van der Waals surface area contributed by atoms with Gasteiger partial charge in [-0.25, -0.2) is 4.98 Å². The predicted octanol–water partition coefficient (Wildman–Crippen LogP) is 3.69. The van der Waals surface area contributed by atoms with Crippen LogP contribution in [0.15, 0.2) is 77.6 Å². The molecule has 0 aliphatic heterocycles. The first-order valence-electron chi connectivity index (χ1n) is 10.0. The van der Waals surface area contributed by atoms with Crippen molar-refractivity contribution in [3.8, 4) is 5.75 Å². The topological polar surface area (TPSA) is 73.2 Å². The van der Waals surface area contributed by atoms with Gasteiger partial charge in [0.2, 0.25) is 0 Å². The average Bonchev–Trinajstić information content (AvgIpc) is 2.81. The van der Waals surface area contributed by atoms with E-state index in [-0.39, 0.29) is 11.5 Å². The van der Waals surface area contributed by atoms with Gasteiger partial charge in [-0.1, -0.05) is 36.4 Å². The molecule has 6 heteroatoms. The molecule has 4 rings (SSSR count). The molecule has 4 aromatic rings. The van der Waals surface area contributed by atoms with E-state index in [1.165, 1.54) is 0 Å². The first kappa shape index (κ1) is 20.3. The monoisotopic (exact) mass is 413 g/mol. The third kappa shape index (κ3) is 4.48. The second kappa shape index (κ2) is 8.83. The molecule has 0 aliphatic rings. The van der Waals surface area contributed by atoms with Gasteiger partial charge in [0.05, 0.1) is 24.7 Å². The number of fused-ring (bicyclic) bond motifs is 1. The summed E-state index contributed by atoms with van der Waals surface area (Å²) in [5, 5.41) is 2.92. The molecule has 0 fully saturated rings. The number of carbonyl (C=O) groups excluding carboxylic acids is 1. The van der Waals surface area contributed by atoms with Crippen molar-refractivity contribution in [1.29, 1.82) is 0 Å². The number of amides is 1. The molecule has 0 atom stereocenters. The first-order chi connectivity index (χ1) is 15.0. The van der Waals surface area contributed by atoms with Gasteiger partial charge in [0.1, 0.15) is 11.4 Å². The Balaban J connectivity index is 1.47. The normalized spacial score (nSPS) is 10.8. The first-order valence-corrected chi connectivity index (χ1v) is 10.0. The molecule has 1 amide bonds. The van der Waals surface area contributed by atoms with Crippen LogP contribution in [0.3, 0.4) is 0 Å². The van der Waals surface area contributed by atoms with Crippen LogP contribution in [0, 0.1) is 6.92 Å². The number of hydrogen-bond acceptors (Lipinski definition) is 4. The summed E-state index contributed by atoms with van der Waals surface area (Å²) in [4.78, 5) is 29.5. The highest BCUT2D eigenvalue weighted by molar-refractivity contribution is 5.94. The van der Waals surface area contributed by atoms with Gasteiger partial charge in [-0.3, -0.25) is 9.59 Å². The summed E-state index contributed by atoms with van der Waals surface area (Å²) in [6.07, 6.45) is 0. The number of nitrogens with one attached hydrogen (secondary N) is 1. The molecule has 156 valence electrons. The molecular formula is C25H23N3O3. The van der Waals surface area contributed by atoms with Crippen molar-refractivity contribution in [2.75, 3.05) is 7.11 Å². The number of carbonyl (C=O) groups is 1. The molecule has 3 aromatic carbocycles. The minimum absolute atomic E-state index is 0.111. The average molecular weight is 413 g/mol. The van der Waals surface area contributed by atoms with Crippen LogP contribution in [0.1, 0.15) is 27.2 Å². The molecule has 31 heavy (non-hydrogen) atoms. The van der Waals surface area contributed by atoms with E-state index < -0.39 is 0 Å². The number of rotatable bonds is 6. The van der Waals surface area contributed by atoms with Crippen molar-refractivity contribution in [3.63, 3.8) is 0 Å². The Hall–Kier alpha value is -3.93.